The Morgan fingerprint density at radius 2 is 2.37 bits per heavy atom. The van der Waals surface area contributed by atoms with Crippen LogP contribution in [0.4, 0.5) is 0 Å². The normalized spacial score (nSPS) is 13.4. The van der Waals surface area contributed by atoms with Gasteiger partial charge in [0.15, 0.2) is 0 Å². The van der Waals surface area contributed by atoms with E-state index in [-0.39, 0.29) is 0 Å². The molecule has 2 heterocycles. The van der Waals surface area contributed by atoms with Crippen LogP contribution in [0.25, 0.3) is 0 Å². The molecule has 0 unspecified atom stereocenters. The van der Waals surface area contributed by atoms with E-state index in [9.17, 15) is 0 Å². The summed E-state index contributed by atoms with van der Waals surface area (Å²) in [5.74, 6) is 1.05. The molecule has 0 saturated heterocycles. The molecule has 0 bridgehead atoms. The van der Waals surface area contributed by atoms with E-state index in [1.54, 1.807) is 0 Å². The molecule has 19 heavy (non-hydrogen) atoms. The van der Waals surface area contributed by atoms with Crippen LogP contribution in [0.15, 0.2) is 29.1 Å². The number of aromatic nitrogens is 2. The van der Waals surface area contributed by atoms with Crippen molar-refractivity contribution < 1.29 is 4.74 Å². The summed E-state index contributed by atoms with van der Waals surface area (Å²) in [6, 6.07) is 4.27. The summed E-state index contributed by atoms with van der Waals surface area (Å²) >= 11 is 3.57. The number of nitrogens with one attached hydrogen (secondary N) is 1. The van der Waals surface area contributed by atoms with Crippen molar-refractivity contribution in [2.24, 2.45) is 0 Å². The number of nitrogens with zero attached hydrogens (tertiary/aromatic N) is 2. The number of imidazole rings is 1. The summed E-state index contributed by atoms with van der Waals surface area (Å²) in [7, 11) is 1.92. The zero-order valence-corrected chi connectivity index (χ0v) is 12.4. The van der Waals surface area contributed by atoms with Crippen molar-refractivity contribution >= 4 is 15.9 Å². The van der Waals surface area contributed by atoms with Gasteiger partial charge >= 0.3 is 0 Å². The van der Waals surface area contributed by atoms with E-state index in [0.717, 1.165) is 42.0 Å². The quantitative estimate of drug-likeness (QED) is 0.939. The third kappa shape index (κ3) is 2.67. The molecule has 5 heteroatoms. The minimum absolute atomic E-state index is 0.785. The molecule has 2 aromatic rings. The van der Waals surface area contributed by atoms with Crippen LogP contribution in [0.3, 0.4) is 0 Å². The molecule has 1 aliphatic rings. The molecule has 1 aliphatic heterocycles. The molecule has 4 nitrogen and oxygen atoms in total. The molecule has 0 aliphatic carbocycles. The number of hydrogen-bond donors (Lipinski definition) is 1. The van der Waals surface area contributed by atoms with Crippen LogP contribution in [0.5, 0.6) is 5.75 Å². The Balaban J connectivity index is 1.86. The van der Waals surface area contributed by atoms with E-state index in [1.165, 1.54) is 11.1 Å². The molecule has 0 atom stereocenters. The van der Waals surface area contributed by atoms with Crippen molar-refractivity contribution in [3.63, 3.8) is 0 Å². The van der Waals surface area contributed by atoms with Crippen molar-refractivity contribution in [2.75, 3.05) is 13.7 Å². The molecule has 0 spiro atoms. The fourth-order valence-corrected chi connectivity index (χ4v) is 2.98. The summed E-state index contributed by atoms with van der Waals surface area (Å²) in [6.07, 6.45) is 4.93. The van der Waals surface area contributed by atoms with Gasteiger partial charge in [0.2, 0.25) is 0 Å². The first-order valence-corrected chi connectivity index (χ1v) is 7.15. The lowest BCUT2D eigenvalue weighted by Crippen LogP contribution is -2.05. The number of hydrogen-bond acceptors (Lipinski definition) is 3. The Bertz CT molecular complexity index is 594. The lowest BCUT2D eigenvalue weighted by atomic mass is 10.1. The maximum atomic E-state index is 5.74. The molecule has 1 aromatic carbocycles. The van der Waals surface area contributed by atoms with Gasteiger partial charge in [-0.15, -0.1) is 0 Å². The maximum Gasteiger partial charge on any atom is 0.127 e. The first kappa shape index (κ1) is 12.7. The van der Waals surface area contributed by atoms with E-state index in [1.807, 2.05) is 13.4 Å². The first-order chi connectivity index (χ1) is 9.26. The summed E-state index contributed by atoms with van der Waals surface area (Å²) in [4.78, 5) is 4.37. The molecule has 0 radical (unpaired) electrons. The van der Waals surface area contributed by atoms with Crippen LogP contribution in [-0.2, 0) is 19.5 Å². The van der Waals surface area contributed by atoms with Crippen molar-refractivity contribution in [3.05, 3.63) is 46.0 Å². The number of ether oxygens (including phenoxy) is 1. The highest BCUT2D eigenvalue weighted by Crippen LogP contribution is 2.33. The monoisotopic (exact) mass is 321 g/mol. The molecule has 1 N–H and O–H groups in total. The number of rotatable bonds is 4. The van der Waals surface area contributed by atoms with Gasteiger partial charge in [-0.1, -0.05) is 15.9 Å². The van der Waals surface area contributed by atoms with Crippen molar-refractivity contribution in [2.45, 2.75) is 19.5 Å². The number of fused-ring (bicyclic) bond motifs is 1. The smallest absolute Gasteiger partial charge is 0.127 e. The van der Waals surface area contributed by atoms with Crippen molar-refractivity contribution in [3.8, 4) is 5.75 Å². The standard InChI is InChI=1S/C14H16BrN3O/c1-16-6-13-8-18(9-17-13)7-11-5-12(15)4-10-2-3-19-14(10)11/h4-5,8-9,16H,2-3,6-7H2,1H3. The molecule has 1 aromatic heterocycles. The van der Waals surface area contributed by atoms with Gasteiger partial charge in [-0.05, 0) is 24.7 Å². The highest BCUT2D eigenvalue weighted by atomic mass is 79.9. The third-order valence-electron chi connectivity index (χ3n) is 3.22. The van der Waals surface area contributed by atoms with Gasteiger partial charge in [-0.2, -0.15) is 0 Å². The zero-order chi connectivity index (χ0) is 13.2. The van der Waals surface area contributed by atoms with Crippen LogP contribution in [0.1, 0.15) is 16.8 Å². The van der Waals surface area contributed by atoms with Crippen LogP contribution in [0, 0.1) is 0 Å². The fourth-order valence-electron chi connectivity index (χ4n) is 2.43. The SMILES string of the molecule is CNCc1cn(Cc2cc(Br)cc3c2OCC3)cn1. The molecular formula is C14H16BrN3O. The van der Waals surface area contributed by atoms with Gasteiger partial charge in [-0.25, -0.2) is 4.98 Å². The average Bonchev–Trinajstić information content (AvgIpc) is 2.98. The largest absolute Gasteiger partial charge is 0.493 e. The van der Waals surface area contributed by atoms with Crippen LogP contribution in [-0.4, -0.2) is 23.2 Å². The predicted molar refractivity (Wildman–Crippen MR) is 77.4 cm³/mol. The minimum atomic E-state index is 0.785. The van der Waals surface area contributed by atoms with Gasteiger partial charge in [0.1, 0.15) is 5.75 Å². The summed E-state index contributed by atoms with van der Waals surface area (Å²) in [6.45, 7) is 2.37. The van der Waals surface area contributed by atoms with Crippen LogP contribution >= 0.6 is 15.9 Å². The Morgan fingerprint density at radius 3 is 3.21 bits per heavy atom. The third-order valence-corrected chi connectivity index (χ3v) is 3.68. The van der Waals surface area contributed by atoms with Gasteiger partial charge in [0.05, 0.1) is 25.2 Å². The van der Waals surface area contributed by atoms with E-state index in [2.05, 4.69) is 49.1 Å². The molecule has 0 saturated carbocycles. The molecule has 0 fully saturated rings. The second-order valence-corrected chi connectivity index (χ2v) is 5.63. The minimum Gasteiger partial charge on any atom is -0.493 e. The lowest BCUT2D eigenvalue weighted by molar-refractivity contribution is 0.352. The zero-order valence-electron chi connectivity index (χ0n) is 10.8. The first-order valence-electron chi connectivity index (χ1n) is 6.35. The average molecular weight is 322 g/mol. The molecule has 0 amide bonds. The number of benzene rings is 1. The topological polar surface area (TPSA) is 39.1 Å². The van der Waals surface area contributed by atoms with Gasteiger partial charge in [-0.3, -0.25) is 0 Å². The maximum absolute atomic E-state index is 5.74. The van der Waals surface area contributed by atoms with Crippen molar-refractivity contribution in [1.82, 2.24) is 14.9 Å². The van der Waals surface area contributed by atoms with Gasteiger partial charge < -0.3 is 14.6 Å². The van der Waals surface area contributed by atoms with Crippen LogP contribution in [0.2, 0.25) is 0 Å². The van der Waals surface area contributed by atoms with Crippen molar-refractivity contribution in [1.29, 1.82) is 0 Å². The van der Waals surface area contributed by atoms with E-state index < -0.39 is 0 Å². The second-order valence-electron chi connectivity index (χ2n) is 4.72. The Morgan fingerprint density at radius 1 is 1.47 bits per heavy atom. The van der Waals surface area contributed by atoms with Crippen LogP contribution < -0.4 is 10.1 Å². The van der Waals surface area contributed by atoms with E-state index >= 15 is 0 Å². The van der Waals surface area contributed by atoms with Gasteiger partial charge in [0.25, 0.3) is 0 Å². The highest BCUT2D eigenvalue weighted by molar-refractivity contribution is 9.10. The molecule has 3 rings (SSSR count). The summed E-state index contributed by atoms with van der Waals surface area (Å²) < 4.78 is 8.95. The van der Waals surface area contributed by atoms with E-state index in [0.29, 0.717) is 0 Å². The molecular weight excluding hydrogens is 306 g/mol. The number of halogens is 1. The Hall–Kier alpha value is -1.33. The molecule has 100 valence electrons. The second kappa shape index (κ2) is 5.35. The van der Waals surface area contributed by atoms with Gasteiger partial charge in [0, 0.05) is 29.2 Å². The fraction of sp³-hybridized carbons (Fsp3) is 0.357. The Kier molecular flexibility index (Phi) is 3.57. The summed E-state index contributed by atoms with van der Waals surface area (Å²) in [5.41, 5.74) is 3.55. The summed E-state index contributed by atoms with van der Waals surface area (Å²) in [5, 5.41) is 3.10. The Labute approximate surface area is 120 Å². The highest BCUT2D eigenvalue weighted by Gasteiger charge is 2.17. The predicted octanol–water partition coefficient (Wildman–Crippen LogP) is 2.35. The lowest BCUT2D eigenvalue weighted by Gasteiger charge is -2.09. The van der Waals surface area contributed by atoms with E-state index in [4.69, 9.17) is 4.74 Å².